The lowest BCUT2D eigenvalue weighted by Crippen LogP contribution is -2.30. The molecule has 0 bridgehead atoms. The summed E-state index contributed by atoms with van der Waals surface area (Å²) >= 11 is 11.8. The maximum atomic E-state index is 12.2. The van der Waals surface area contributed by atoms with Crippen molar-refractivity contribution >= 4 is 34.8 Å². The second-order valence-electron chi connectivity index (χ2n) is 5.70. The predicted molar refractivity (Wildman–Crippen MR) is 100 cm³/mol. The van der Waals surface area contributed by atoms with Gasteiger partial charge in [-0.1, -0.05) is 23.2 Å². The number of halogens is 2. The average molecular weight is 392 g/mol. The number of nitrogens with one attached hydrogen (secondary N) is 1. The fraction of sp³-hybridized carbons (Fsp3) is 0.176. The molecule has 1 aromatic carbocycles. The van der Waals surface area contributed by atoms with Gasteiger partial charge in [-0.3, -0.25) is 9.59 Å². The van der Waals surface area contributed by atoms with Crippen LogP contribution in [0, 0.1) is 13.8 Å². The molecule has 1 amide bonds. The van der Waals surface area contributed by atoms with Gasteiger partial charge >= 0.3 is 0 Å². The van der Waals surface area contributed by atoms with Gasteiger partial charge in [0.1, 0.15) is 6.54 Å². The number of carbonyl (C=O) groups excluding carboxylic acids is 1. The molecule has 134 valence electrons. The molecular weight excluding hydrogens is 377 g/mol. The van der Waals surface area contributed by atoms with Crippen LogP contribution >= 0.6 is 23.2 Å². The van der Waals surface area contributed by atoms with Gasteiger partial charge in [-0.15, -0.1) is 5.10 Å². The predicted octanol–water partition coefficient (Wildman–Crippen LogP) is 2.99. The Hall–Kier alpha value is -2.64. The number of rotatable bonds is 4. The Labute approximate surface area is 159 Å². The van der Waals surface area contributed by atoms with Crippen LogP contribution in [0.2, 0.25) is 10.0 Å². The van der Waals surface area contributed by atoms with E-state index >= 15 is 0 Å². The topological polar surface area (TPSA) is 81.8 Å². The number of nitrogens with zero attached hydrogens (tertiary/aromatic N) is 4. The van der Waals surface area contributed by atoms with Crippen molar-refractivity contribution in [2.45, 2.75) is 20.4 Å². The Bertz CT molecular complexity index is 1040. The molecule has 0 radical (unpaired) electrons. The van der Waals surface area contributed by atoms with Gasteiger partial charge in [-0.05, 0) is 44.2 Å². The number of aryl methyl sites for hydroxylation is 2. The van der Waals surface area contributed by atoms with Crippen molar-refractivity contribution in [3.05, 3.63) is 68.2 Å². The standard InChI is InChI=1S/C17H15Cl2N5O2/c1-10-7-11(2)24(21-10)15-5-6-17(26)23(22-15)9-16(25)20-12-3-4-13(18)14(19)8-12/h3-8H,9H2,1-2H3,(H,20,25). The van der Waals surface area contributed by atoms with Crippen molar-refractivity contribution in [3.8, 4) is 5.82 Å². The molecule has 9 heteroatoms. The maximum Gasteiger partial charge on any atom is 0.267 e. The molecule has 7 nitrogen and oxygen atoms in total. The molecule has 0 atom stereocenters. The van der Waals surface area contributed by atoms with Gasteiger partial charge in [0, 0.05) is 17.4 Å². The third-order valence-corrected chi connectivity index (χ3v) is 4.31. The molecule has 0 aliphatic rings. The number of carbonyl (C=O) groups is 1. The summed E-state index contributed by atoms with van der Waals surface area (Å²) in [4.78, 5) is 24.3. The molecule has 2 aromatic heterocycles. The average Bonchev–Trinajstić information content (AvgIpc) is 2.91. The minimum absolute atomic E-state index is 0.244. The fourth-order valence-corrected chi connectivity index (χ4v) is 2.73. The van der Waals surface area contributed by atoms with Crippen LogP contribution in [0.15, 0.2) is 41.2 Å². The van der Waals surface area contributed by atoms with E-state index in [1.54, 1.807) is 22.9 Å². The molecule has 26 heavy (non-hydrogen) atoms. The molecule has 0 aliphatic carbocycles. The van der Waals surface area contributed by atoms with E-state index < -0.39 is 5.91 Å². The van der Waals surface area contributed by atoms with Crippen LogP contribution in [-0.2, 0) is 11.3 Å². The zero-order valence-electron chi connectivity index (χ0n) is 14.0. The van der Waals surface area contributed by atoms with Gasteiger partial charge in [0.2, 0.25) is 5.91 Å². The van der Waals surface area contributed by atoms with Gasteiger partial charge in [0.15, 0.2) is 5.82 Å². The van der Waals surface area contributed by atoms with E-state index in [0.29, 0.717) is 21.6 Å². The summed E-state index contributed by atoms with van der Waals surface area (Å²) in [6, 6.07) is 9.54. The molecule has 0 spiro atoms. The first kappa shape index (κ1) is 18.2. The normalized spacial score (nSPS) is 10.8. The van der Waals surface area contributed by atoms with E-state index in [1.807, 2.05) is 19.9 Å². The third kappa shape index (κ3) is 3.95. The van der Waals surface area contributed by atoms with E-state index in [1.165, 1.54) is 12.1 Å². The smallest absolute Gasteiger partial charge is 0.267 e. The molecule has 2 heterocycles. The number of amides is 1. The maximum absolute atomic E-state index is 12.2. The van der Waals surface area contributed by atoms with Gasteiger partial charge in [-0.25, -0.2) is 9.36 Å². The van der Waals surface area contributed by atoms with Crippen LogP contribution in [0.5, 0.6) is 0 Å². The molecule has 3 rings (SSSR count). The first-order valence-corrected chi connectivity index (χ1v) is 8.46. The summed E-state index contributed by atoms with van der Waals surface area (Å²) in [6.45, 7) is 3.50. The van der Waals surface area contributed by atoms with Crippen LogP contribution in [0.1, 0.15) is 11.4 Å². The quantitative estimate of drug-likeness (QED) is 0.740. The van der Waals surface area contributed by atoms with E-state index in [-0.39, 0.29) is 12.1 Å². The molecule has 0 aliphatic heterocycles. The summed E-state index contributed by atoms with van der Waals surface area (Å²) in [7, 11) is 0. The van der Waals surface area contributed by atoms with Crippen molar-refractivity contribution in [3.63, 3.8) is 0 Å². The summed E-state index contributed by atoms with van der Waals surface area (Å²) in [5, 5.41) is 11.9. The van der Waals surface area contributed by atoms with Crippen molar-refractivity contribution < 1.29 is 4.79 Å². The summed E-state index contributed by atoms with van der Waals surface area (Å²) < 4.78 is 2.70. The largest absolute Gasteiger partial charge is 0.324 e. The monoisotopic (exact) mass is 391 g/mol. The van der Waals surface area contributed by atoms with E-state index in [9.17, 15) is 9.59 Å². The number of benzene rings is 1. The molecule has 3 aromatic rings. The van der Waals surface area contributed by atoms with Crippen LogP contribution in [0.4, 0.5) is 5.69 Å². The summed E-state index contributed by atoms with van der Waals surface area (Å²) in [5.41, 5.74) is 1.80. The minimum Gasteiger partial charge on any atom is -0.324 e. The Morgan fingerprint density at radius 2 is 1.85 bits per heavy atom. The summed E-state index contributed by atoms with van der Waals surface area (Å²) in [5.74, 6) is 0.0426. The number of anilines is 1. The highest BCUT2D eigenvalue weighted by Crippen LogP contribution is 2.24. The van der Waals surface area contributed by atoms with Gasteiger partial charge in [0.05, 0.1) is 15.7 Å². The van der Waals surface area contributed by atoms with Crippen molar-refractivity contribution in [1.29, 1.82) is 0 Å². The summed E-state index contributed by atoms with van der Waals surface area (Å²) in [6.07, 6.45) is 0. The Morgan fingerprint density at radius 1 is 1.08 bits per heavy atom. The van der Waals surface area contributed by atoms with Crippen LogP contribution < -0.4 is 10.9 Å². The zero-order chi connectivity index (χ0) is 18.8. The Morgan fingerprint density at radius 3 is 2.50 bits per heavy atom. The minimum atomic E-state index is -0.413. The number of aromatic nitrogens is 4. The van der Waals surface area contributed by atoms with Crippen LogP contribution in [-0.4, -0.2) is 25.5 Å². The highest BCUT2D eigenvalue weighted by molar-refractivity contribution is 6.42. The third-order valence-electron chi connectivity index (χ3n) is 3.58. The Kier molecular flexibility index (Phi) is 5.11. The molecule has 0 saturated carbocycles. The van der Waals surface area contributed by atoms with Crippen molar-refractivity contribution in [2.75, 3.05) is 5.32 Å². The molecular formula is C17H15Cl2N5O2. The van der Waals surface area contributed by atoms with Crippen molar-refractivity contribution in [1.82, 2.24) is 19.6 Å². The SMILES string of the molecule is Cc1cc(C)n(-c2ccc(=O)n(CC(=O)Nc3ccc(Cl)c(Cl)c3)n2)n1. The van der Waals surface area contributed by atoms with Gasteiger partial charge in [-0.2, -0.15) is 5.10 Å². The fourth-order valence-electron chi connectivity index (χ4n) is 2.44. The lowest BCUT2D eigenvalue weighted by Gasteiger charge is -2.09. The van der Waals surface area contributed by atoms with E-state index in [4.69, 9.17) is 23.2 Å². The zero-order valence-corrected chi connectivity index (χ0v) is 15.5. The first-order chi connectivity index (χ1) is 12.3. The second-order valence-corrected chi connectivity index (χ2v) is 6.52. The molecule has 0 saturated heterocycles. The van der Waals surface area contributed by atoms with Gasteiger partial charge in [0.25, 0.3) is 5.56 Å². The lowest BCUT2D eigenvalue weighted by atomic mass is 10.3. The van der Waals surface area contributed by atoms with Gasteiger partial charge < -0.3 is 5.32 Å². The number of hydrogen-bond acceptors (Lipinski definition) is 4. The van der Waals surface area contributed by atoms with Crippen LogP contribution in [0.25, 0.3) is 5.82 Å². The number of hydrogen-bond donors (Lipinski definition) is 1. The molecule has 0 unspecified atom stereocenters. The molecule has 0 fully saturated rings. The highest BCUT2D eigenvalue weighted by atomic mass is 35.5. The van der Waals surface area contributed by atoms with Crippen LogP contribution in [0.3, 0.4) is 0 Å². The second kappa shape index (κ2) is 7.31. The lowest BCUT2D eigenvalue weighted by molar-refractivity contribution is -0.117. The van der Waals surface area contributed by atoms with Crippen molar-refractivity contribution in [2.24, 2.45) is 0 Å². The Balaban J connectivity index is 1.81. The highest BCUT2D eigenvalue weighted by Gasteiger charge is 2.11. The van der Waals surface area contributed by atoms with E-state index in [0.717, 1.165) is 16.1 Å². The van der Waals surface area contributed by atoms with E-state index in [2.05, 4.69) is 15.5 Å². The molecule has 1 N–H and O–H groups in total. The first-order valence-electron chi connectivity index (χ1n) is 7.70.